The van der Waals surface area contributed by atoms with Crippen LogP contribution in [-0.4, -0.2) is 18.6 Å². The van der Waals surface area contributed by atoms with E-state index in [1.54, 1.807) is 6.07 Å². The van der Waals surface area contributed by atoms with Crippen LogP contribution in [0.4, 0.5) is 5.69 Å². The summed E-state index contributed by atoms with van der Waals surface area (Å²) in [7, 11) is 1.54. The van der Waals surface area contributed by atoms with Gasteiger partial charge in [-0.3, -0.25) is 4.79 Å². The molecule has 2 aromatic rings. The minimum Gasteiger partial charge on any atom is -0.487 e. The molecule has 0 spiro atoms. The lowest BCUT2D eigenvalue weighted by molar-refractivity contribution is -0.132. The molecule has 0 aliphatic carbocycles. The molecule has 1 amide bonds. The topological polar surface area (TPSA) is 73.6 Å². The van der Waals surface area contributed by atoms with Crippen molar-refractivity contribution < 1.29 is 14.3 Å². The Balaban J connectivity index is 0.00000243. The number of ether oxygens (including phenoxy) is 2. The van der Waals surface area contributed by atoms with Gasteiger partial charge in [0, 0.05) is 24.8 Å². The van der Waals surface area contributed by atoms with Gasteiger partial charge in [-0.05, 0) is 37.6 Å². The van der Waals surface area contributed by atoms with E-state index >= 15 is 0 Å². The molecular weight excluding hydrogens is 352 g/mol. The number of hydrogen-bond acceptors (Lipinski definition) is 4. The molecule has 1 aliphatic rings. The second kappa shape index (κ2) is 7.98. The number of carbonyl (C=O) groups is 1. The second-order valence-corrected chi connectivity index (χ2v) is 6.95. The first kappa shape index (κ1) is 20.1. The molecule has 0 saturated heterocycles. The number of anilines is 1. The van der Waals surface area contributed by atoms with E-state index in [9.17, 15) is 4.79 Å². The van der Waals surface area contributed by atoms with Crippen LogP contribution in [0.25, 0.3) is 0 Å². The maximum atomic E-state index is 12.8. The molecule has 26 heavy (non-hydrogen) atoms. The molecule has 1 aliphatic heterocycles. The smallest absolute Gasteiger partial charge is 0.254 e. The number of nitrogen functional groups attached to an aromatic ring is 1. The number of nitrogens with one attached hydrogen (secondary N) is 1. The normalized spacial score (nSPS) is 18.7. The molecule has 0 bridgehead atoms. The fraction of sp³-hybridized carbons (Fsp3) is 0.350. The number of amides is 1. The molecule has 3 rings (SSSR count). The van der Waals surface area contributed by atoms with Crippen molar-refractivity contribution in [3.8, 4) is 5.75 Å². The highest BCUT2D eigenvalue weighted by molar-refractivity contribution is 5.85. The van der Waals surface area contributed by atoms with Crippen molar-refractivity contribution >= 4 is 24.0 Å². The van der Waals surface area contributed by atoms with Gasteiger partial charge in [-0.15, -0.1) is 12.4 Å². The lowest BCUT2D eigenvalue weighted by atomic mass is 9.89. The molecule has 2 aromatic carbocycles. The first-order valence-electron chi connectivity index (χ1n) is 8.36. The molecule has 2 unspecified atom stereocenters. The molecule has 0 aromatic heterocycles. The van der Waals surface area contributed by atoms with Gasteiger partial charge in [0.25, 0.3) is 5.91 Å². The number of halogens is 1. The fourth-order valence-electron chi connectivity index (χ4n) is 3.27. The number of fused-ring (bicyclic) bond motifs is 1. The van der Waals surface area contributed by atoms with E-state index in [0.717, 1.165) is 16.9 Å². The highest BCUT2D eigenvalue weighted by atomic mass is 35.5. The van der Waals surface area contributed by atoms with Gasteiger partial charge in [-0.1, -0.05) is 30.3 Å². The van der Waals surface area contributed by atoms with Crippen LogP contribution in [0.15, 0.2) is 48.5 Å². The van der Waals surface area contributed by atoms with E-state index in [1.165, 1.54) is 7.11 Å². The van der Waals surface area contributed by atoms with E-state index in [4.69, 9.17) is 15.2 Å². The van der Waals surface area contributed by atoms with Crippen LogP contribution in [0.5, 0.6) is 5.75 Å². The lowest BCUT2D eigenvalue weighted by Crippen LogP contribution is -2.42. The summed E-state index contributed by atoms with van der Waals surface area (Å²) in [6.07, 6.45) is -0.00267. The summed E-state index contributed by atoms with van der Waals surface area (Å²) >= 11 is 0. The largest absolute Gasteiger partial charge is 0.487 e. The van der Waals surface area contributed by atoms with E-state index in [0.29, 0.717) is 12.1 Å². The molecule has 1 heterocycles. The first-order chi connectivity index (χ1) is 11.9. The zero-order chi connectivity index (χ0) is 18.0. The third-order valence-corrected chi connectivity index (χ3v) is 4.38. The first-order valence-corrected chi connectivity index (χ1v) is 8.36. The SMILES string of the molecule is COC(C(=O)NC1CC(C)(C)Oc2ccc(N)cc21)c1ccccc1.Cl. The van der Waals surface area contributed by atoms with Gasteiger partial charge in [-0.25, -0.2) is 0 Å². The van der Waals surface area contributed by atoms with Gasteiger partial charge in [0.2, 0.25) is 0 Å². The van der Waals surface area contributed by atoms with Crippen molar-refractivity contribution in [1.82, 2.24) is 5.32 Å². The Hall–Kier alpha value is -2.24. The number of carbonyl (C=O) groups excluding carboxylic acids is 1. The average molecular weight is 377 g/mol. The standard InChI is InChI=1S/C20H24N2O3.ClH/c1-20(2)12-16(15-11-14(21)9-10-17(15)25-20)22-19(23)18(24-3)13-7-5-4-6-8-13;/h4-11,16,18H,12,21H2,1-3H3,(H,22,23);1H. The van der Waals surface area contributed by atoms with Gasteiger partial charge < -0.3 is 20.5 Å². The number of hydrogen-bond donors (Lipinski definition) is 2. The third kappa shape index (κ3) is 4.29. The molecule has 5 nitrogen and oxygen atoms in total. The molecule has 0 radical (unpaired) electrons. The second-order valence-electron chi connectivity index (χ2n) is 6.95. The Morgan fingerprint density at radius 2 is 1.96 bits per heavy atom. The fourth-order valence-corrected chi connectivity index (χ4v) is 3.27. The molecule has 0 saturated carbocycles. The summed E-state index contributed by atoms with van der Waals surface area (Å²) in [5, 5.41) is 3.11. The van der Waals surface area contributed by atoms with Crippen molar-refractivity contribution in [2.75, 3.05) is 12.8 Å². The van der Waals surface area contributed by atoms with Crippen molar-refractivity contribution in [2.24, 2.45) is 0 Å². The minimum absolute atomic E-state index is 0. The quantitative estimate of drug-likeness (QED) is 0.796. The predicted molar refractivity (Wildman–Crippen MR) is 105 cm³/mol. The maximum Gasteiger partial charge on any atom is 0.254 e. The molecule has 6 heteroatoms. The monoisotopic (exact) mass is 376 g/mol. The van der Waals surface area contributed by atoms with E-state index < -0.39 is 6.10 Å². The Kier molecular flexibility index (Phi) is 6.16. The summed E-state index contributed by atoms with van der Waals surface area (Å²) in [6.45, 7) is 4.02. The van der Waals surface area contributed by atoms with Crippen LogP contribution in [-0.2, 0) is 9.53 Å². The van der Waals surface area contributed by atoms with Crippen molar-refractivity contribution in [2.45, 2.75) is 38.0 Å². The number of methoxy groups -OCH3 is 1. The molecule has 2 atom stereocenters. The van der Waals surface area contributed by atoms with E-state index in [1.807, 2.05) is 56.3 Å². The molecule has 3 N–H and O–H groups in total. The van der Waals surface area contributed by atoms with E-state index in [2.05, 4.69) is 5.32 Å². The lowest BCUT2D eigenvalue weighted by Gasteiger charge is -2.38. The van der Waals surface area contributed by atoms with Gasteiger partial charge in [-0.2, -0.15) is 0 Å². The Morgan fingerprint density at radius 1 is 1.27 bits per heavy atom. The summed E-state index contributed by atoms with van der Waals surface area (Å²) in [5.74, 6) is 0.578. The van der Waals surface area contributed by atoms with Gasteiger partial charge in [0.05, 0.1) is 6.04 Å². The minimum atomic E-state index is -0.656. The van der Waals surface area contributed by atoms with Crippen molar-refractivity contribution in [3.05, 3.63) is 59.7 Å². The Morgan fingerprint density at radius 3 is 2.62 bits per heavy atom. The van der Waals surface area contributed by atoms with E-state index in [-0.39, 0.29) is 30.0 Å². The van der Waals surface area contributed by atoms with Crippen LogP contribution in [0.3, 0.4) is 0 Å². The molecular formula is C20H25ClN2O3. The van der Waals surface area contributed by atoms with Crippen LogP contribution in [0, 0.1) is 0 Å². The van der Waals surface area contributed by atoms with Crippen molar-refractivity contribution in [3.63, 3.8) is 0 Å². The van der Waals surface area contributed by atoms with Gasteiger partial charge >= 0.3 is 0 Å². The third-order valence-electron chi connectivity index (χ3n) is 4.38. The predicted octanol–water partition coefficient (Wildman–Crippen LogP) is 3.80. The Labute approximate surface area is 160 Å². The van der Waals surface area contributed by atoms with Gasteiger partial charge in [0.1, 0.15) is 11.4 Å². The average Bonchev–Trinajstić information content (AvgIpc) is 2.56. The van der Waals surface area contributed by atoms with Crippen LogP contribution < -0.4 is 15.8 Å². The van der Waals surface area contributed by atoms with Crippen LogP contribution in [0.1, 0.15) is 43.5 Å². The molecule has 140 valence electrons. The van der Waals surface area contributed by atoms with Gasteiger partial charge in [0.15, 0.2) is 6.10 Å². The zero-order valence-corrected chi connectivity index (χ0v) is 16.0. The highest BCUT2D eigenvalue weighted by Crippen LogP contribution is 2.40. The number of nitrogens with two attached hydrogens (primary N) is 1. The highest BCUT2D eigenvalue weighted by Gasteiger charge is 2.35. The maximum absolute atomic E-state index is 12.8. The number of benzene rings is 2. The summed E-state index contributed by atoms with van der Waals surface area (Å²) in [4.78, 5) is 12.8. The molecule has 0 fully saturated rings. The van der Waals surface area contributed by atoms with Crippen molar-refractivity contribution in [1.29, 1.82) is 0 Å². The summed E-state index contributed by atoms with van der Waals surface area (Å²) in [6, 6.07) is 14.8. The zero-order valence-electron chi connectivity index (χ0n) is 15.2. The number of rotatable bonds is 4. The van der Waals surface area contributed by atoms with Crippen LogP contribution in [0.2, 0.25) is 0 Å². The Bertz CT molecular complexity index is 765. The summed E-state index contributed by atoms with van der Waals surface area (Å²) < 4.78 is 11.5. The summed E-state index contributed by atoms with van der Waals surface area (Å²) in [5.41, 5.74) is 7.91. The van der Waals surface area contributed by atoms with Crippen LogP contribution >= 0.6 is 12.4 Å².